The van der Waals surface area contributed by atoms with Gasteiger partial charge < -0.3 is 9.47 Å². The molecule has 0 aromatic heterocycles. The van der Waals surface area contributed by atoms with Crippen LogP contribution >= 0.6 is 0 Å². The van der Waals surface area contributed by atoms with E-state index < -0.39 is 0 Å². The highest BCUT2D eigenvalue weighted by Gasteiger charge is 2.07. The van der Waals surface area contributed by atoms with E-state index in [9.17, 15) is 4.79 Å². The highest BCUT2D eigenvalue weighted by atomic mass is 16.5. The zero-order chi connectivity index (χ0) is 24.0. The van der Waals surface area contributed by atoms with E-state index in [1.54, 1.807) is 0 Å². The van der Waals surface area contributed by atoms with Crippen LogP contribution < -0.4 is 4.74 Å². The maximum Gasteiger partial charge on any atom is 0.338 e. The minimum atomic E-state index is -0.256. The van der Waals surface area contributed by atoms with Gasteiger partial charge in [0.2, 0.25) is 0 Å². The van der Waals surface area contributed by atoms with Crippen molar-refractivity contribution >= 4 is 5.97 Å². The van der Waals surface area contributed by atoms with Crippen molar-refractivity contribution in [3.05, 3.63) is 89.5 Å². The van der Waals surface area contributed by atoms with Crippen LogP contribution in [-0.2, 0) is 17.6 Å². The van der Waals surface area contributed by atoms with Crippen LogP contribution in [0, 0.1) is 0 Å². The number of hydrogen-bond acceptors (Lipinski definition) is 3. The maximum absolute atomic E-state index is 12.3. The molecule has 0 unspecified atom stereocenters. The summed E-state index contributed by atoms with van der Waals surface area (Å²) in [7, 11) is 0. The lowest BCUT2D eigenvalue weighted by Gasteiger charge is -2.09. The van der Waals surface area contributed by atoms with Crippen LogP contribution in [0.3, 0.4) is 0 Å². The normalized spacial score (nSPS) is 10.8. The molecule has 180 valence electrons. The van der Waals surface area contributed by atoms with Gasteiger partial charge >= 0.3 is 5.97 Å². The van der Waals surface area contributed by atoms with Crippen molar-refractivity contribution < 1.29 is 14.3 Å². The molecule has 0 bridgehead atoms. The van der Waals surface area contributed by atoms with E-state index in [1.165, 1.54) is 37.7 Å². The molecular weight excluding hydrogens is 420 g/mol. The Morgan fingerprint density at radius 2 is 1.18 bits per heavy atom. The Hall–Kier alpha value is -3.07. The zero-order valence-corrected chi connectivity index (χ0v) is 20.7. The third-order valence-electron chi connectivity index (χ3n) is 6.04. The number of benzene rings is 3. The fraction of sp³-hybridized carbons (Fsp3) is 0.387. The Bertz CT molecular complexity index is 973. The molecule has 3 heteroatoms. The van der Waals surface area contributed by atoms with E-state index in [0.29, 0.717) is 18.6 Å². The summed E-state index contributed by atoms with van der Waals surface area (Å²) < 4.78 is 11.3. The molecule has 0 aliphatic carbocycles. The number of carbonyl (C=O) groups is 1. The molecule has 0 atom stereocenters. The van der Waals surface area contributed by atoms with Crippen LogP contribution in [0.2, 0.25) is 0 Å². The van der Waals surface area contributed by atoms with Crippen LogP contribution in [0.1, 0.15) is 73.9 Å². The Balaban J connectivity index is 1.42. The number of carbonyl (C=O) groups excluding carboxylic acids is 1. The molecule has 0 aliphatic rings. The summed E-state index contributed by atoms with van der Waals surface area (Å²) in [5.74, 6) is 0.665. The monoisotopic (exact) mass is 458 g/mol. The quantitative estimate of drug-likeness (QED) is 0.181. The molecule has 3 aromatic rings. The van der Waals surface area contributed by atoms with Crippen LogP contribution in [-0.4, -0.2) is 19.2 Å². The van der Waals surface area contributed by atoms with Crippen molar-refractivity contribution in [1.82, 2.24) is 0 Å². The second kappa shape index (κ2) is 14.2. The first-order valence-corrected chi connectivity index (χ1v) is 12.8. The van der Waals surface area contributed by atoms with Crippen LogP contribution in [0.4, 0.5) is 0 Å². The van der Waals surface area contributed by atoms with E-state index in [0.717, 1.165) is 41.9 Å². The molecular formula is C31H38O3. The Morgan fingerprint density at radius 1 is 0.618 bits per heavy atom. The molecule has 0 heterocycles. The summed E-state index contributed by atoms with van der Waals surface area (Å²) in [5.41, 5.74) is 5.37. The van der Waals surface area contributed by atoms with Crippen molar-refractivity contribution in [2.75, 3.05) is 13.2 Å². The lowest BCUT2D eigenvalue weighted by molar-refractivity contribution is 0.0509. The lowest BCUT2D eigenvalue weighted by Crippen LogP contribution is -2.08. The van der Waals surface area contributed by atoms with Gasteiger partial charge in [0, 0.05) is 6.42 Å². The number of esters is 1. The summed E-state index contributed by atoms with van der Waals surface area (Å²) in [6, 6.07) is 24.5. The van der Waals surface area contributed by atoms with Gasteiger partial charge in [-0.25, -0.2) is 4.79 Å². The summed E-state index contributed by atoms with van der Waals surface area (Å²) in [4.78, 5) is 12.3. The smallest absolute Gasteiger partial charge is 0.338 e. The summed E-state index contributed by atoms with van der Waals surface area (Å²) >= 11 is 0. The van der Waals surface area contributed by atoms with Gasteiger partial charge in [0.15, 0.2) is 0 Å². The van der Waals surface area contributed by atoms with Gasteiger partial charge in [-0.05, 0) is 65.8 Å². The lowest BCUT2D eigenvalue weighted by atomic mass is 10.0. The predicted molar refractivity (Wildman–Crippen MR) is 141 cm³/mol. The molecule has 3 aromatic carbocycles. The van der Waals surface area contributed by atoms with Crippen molar-refractivity contribution in [3.63, 3.8) is 0 Å². The number of unbranched alkanes of at least 4 members (excludes halogenated alkanes) is 4. The standard InChI is InChI=1S/C31H38O3/c1-3-5-7-9-25-12-16-29(17-13-25)31(32)34-24-22-26-10-14-27(15-11-26)28-18-20-30(21-19-28)33-23-8-6-4-2/h10-21H,3-9,22-24H2,1-2H3. The Kier molecular flexibility index (Phi) is 10.7. The molecule has 0 N–H and O–H groups in total. The van der Waals surface area contributed by atoms with Gasteiger partial charge in [0.1, 0.15) is 5.75 Å². The first-order chi connectivity index (χ1) is 16.7. The molecule has 0 radical (unpaired) electrons. The third kappa shape index (κ3) is 8.37. The fourth-order valence-corrected chi connectivity index (χ4v) is 3.88. The van der Waals surface area contributed by atoms with Crippen molar-refractivity contribution in [3.8, 4) is 16.9 Å². The topological polar surface area (TPSA) is 35.5 Å². The minimum Gasteiger partial charge on any atom is -0.494 e. The van der Waals surface area contributed by atoms with E-state index >= 15 is 0 Å². The first kappa shape index (κ1) is 25.6. The summed E-state index contributed by atoms with van der Waals surface area (Å²) in [5, 5.41) is 0. The average molecular weight is 459 g/mol. The predicted octanol–water partition coefficient (Wildman–Crippen LogP) is 8.05. The molecule has 0 aliphatic heterocycles. The number of rotatable bonds is 14. The van der Waals surface area contributed by atoms with E-state index in [-0.39, 0.29) is 5.97 Å². The molecule has 34 heavy (non-hydrogen) atoms. The van der Waals surface area contributed by atoms with E-state index in [2.05, 4.69) is 50.2 Å². The zero-order valence-electron chi connectivity index (χ0n) is 20.7. The highest BCUT2D eigenvalue weighted by Crippen LogP contribution is 2.23. The van der Waals surface area contributed by atoms with Crippen molar-refractivity contribution in [2.45, 2.75) is 65.2 Å². The van der Waals surface area contributed by atoms with Crippen molar-refractivity contribution in [2.24, 2.45) is 0 Å². The van der Waals surface area contributed by atoms with Gasteiger partial charge in [0.25, 0.3) is 0 Å². The van der Waals surface area contributed by atoms with E-state index in [1.807, 2.05) is 36.4 Å². The fourth-order valence-electron chi connectivity index (χ4n) is 3.88. The van der Waals surface area contributed by atoms with Crippen LogP contribution in [0.25, 0.3) is 11.1 Å². The Labute approximate surface area is 205 Å². The van der Waals surface area contributed by atoms with Crippen molar-refractivity contribution in [1.29, 1.82) is 0 Å². The molecule has 0 saturated heterocycles. The largest absolute Gasteiger partial charge is 0.494 e. The molecule has 0 saturated carbocycles. The molecule has 0 amide bonds. The van der Waals surface area contributed by atoms with Gasteiger partial charge in [-0.2, -0.15) is 0 Å². The number of ether oxygens (including phenoxy) is 2. The number of aryl methyl sites for hydroxylation is 1. The average Bonchev–Trinajstić information content (AvgIpc) is 2.88. The highest BCUT2D eigenvalue weighted by molar-refractivity contribution is 5.89. The Morgan fingerprint density at radius 3 is 1.82 bits per heavy atom. The third-order valence-corrected chi connectivity index (χ3v) is 6.04. The summed E-state index contributed by atoms with van der Waals surface area (Å²) in [6.07, 6.45) is 8.92. The van der Waals surface area contributed by atoms with E-state index in [4.69, 9.17) is 9.47 Å². The molecule has 0 spiro atoms. The number of hydrogen-bond donors (Lipinski definition) is 0. The first-order valence-electron chi connectivity index (χ1n) is 12.8. The van der Waals surface area contributed by atoms with Crippen LogP contribution in [0.15, 0.2) is 72.8 Å². The summed E-state index contributed by atoms with van der Waals surface area (Å²) in [6.45, 7) is 5.55. The minimum absolute atomic E-state index is 0.256. The second-order valence-electron chi connectivity index (χ2n) is 8.82. The second-order valence-corrected chi connectivity index (χ2v) is 8.82. The van der Waals surface area contributed by atoms with Gasteiger partial charge in [-0.1, -0.05) is 88.1 Å². The van der Waals surface area contributed by atoms with Crippen LogP contribution in [0.5, 0.6) is 5.75 Å². The molecule has 3 nitrogen and oxygen atoms in total. The maximum atomic E-state index is 12.3. The SMILES string of the molecule is CCCCCOc1ccc(-c2ccc(CCOC(=O)c3ccc(CCCCC)cc3)cc2)cc1. The van der Waals surface area contributed by atoms with Gasteiger partial charge in [0.05, 0.1) is 18.8 Å². The molecule has 3 rings (SSSR count). The van der Waals surface area contributed by atoms with Gasteiger partial charge in [-0.3, -0.25) is 0 Å². The van der Waals surface area contributed by atoms with Gasteiger partial charge in [-0.15, -0.1) is 0 Å². The molecule has 0 fully saturated rings.